The van der Waals surface area contributed by atoms with Crippen LogP contribution in [0.4, 0.5) is 5.69 Å². The largest absolute Gasteiger partial charge is 0.463 e. The van der Waals surface area contributed by atoms with Gasteiger partial charge in [-0.1, -0.05) is 31.4 Å². The molecule has 0 radical (unpaired) electrons. The second-order valence-electron chi connectivity index (χ2n) is 12.7. The normalized spacial score (nSPS) is 17.3. The molecular weight excluding hydrogens is 608 g/mol. The molecule has 2 N–H and O–H groups in total. The molecule has 1 atom stereocenters. The van der Waals surface area contributed by atoms with E-state index in [1.807, 2.05) is 19.1 Å². The van der Waals surface area contributed by atoms with Crippen LogP contribution in [0, 0.1) is 19.3 Å². The van der Waals surface area contributed by atoms with Crippen molar-refractivity contribution in [3.8, 4) is 0 Å². The molecule has 0 unspecified atom stereocenters. The minimum Gasteiger partial charge on any atom is -0.463 e. The van der Waals surface area contributed by atoms with Crippen LogP contribution in [0.2, 0.25) is 0 Å². The van der Waals surface area contributed by atoms with E-state index in [1.165, 1.54) is 6.26 Å². The van der Waals surface area contributed by atoms with E-state index in [2.05, 4.69) is 20.5 Å². The van der Waals surface area contributed by atoms with Gasteiger partial charge in [-0.2, -0.15) is 0 Å². The zero-order valence-electron chi connectivity index (χ0n) is 27.3. The molecule has 1 aromatic heterocycles. The summed E-state index contributed by atoms with van der Waals surface area (Å²) < 4.78 is 34.3. The predicted octanol–water partition coefficient (Wildman–Crippen LogP) is 3.63. The molecule has 2 aliphatic rings. The fourth-order valence-corrected chi connectivity index (χ4v) is 7.09. The SMILES string of the molecule is Cc1ccnc(C)c1C(=O)Nc1ccc(C[C@H](NC(=O)C2(CCCCS(C)(=O)=O)CCCC2)C(=O)OCCN2CCOCC2)cc1. The van der Waals surface area contributed by atoms with Crippen molar-refractivity contribution in [2.75, 3.05) is 56.8 Å². The quantitative estimate of drug-likeness (QED) is 0.217. The molecule has 46 heavy (non-hydrogen) atoms. The second kappa shape index (κ2) is 16.5. The van der Waals surface area contributed by atoms with Crippen molar-refractivity contribution in [2.45, 2.75) is 71.3 Å². The lowest BCUT2D eigenvalue weighted by molar-refractivity contribution is -0.150. The van der Waals surface area contributed by atoms with Crippen LogP contribution < -0.4 is 10.6 Å². The molecule has 1 aliphatic heterocycles. The Hall–Kier alpha value is -3.35. The van der Waals surface area contributed by atoms with E-state index in [4.69, 9.17) is 9.47 Å². The molecule has 4 rings (SSSR count). The lowest BCUT2D eigenvalue weighted by Crippen LogP contribution is -2.49. The summed E-state index contributed by atoms with van der Waals surface area (Å²) in [7, 11) is -3.07. The molecule has 0 bridgehead atoms. The van der Waals surface area contributed by atoms with E-state index in [0.29, 0.717) is 68.8 Å². The van der Waals surface area contributed by atoms with Gasteiger partial charge in [0.05, 0.1) is 24.5 Å². The number of nitrogens with one attached hydrogen (secondary N) is 2. The average Bonchev–Trinajstić information content (AvgIpc) is 3.50. The van der Waals surface area contributed by atoms with Crippen molar-refractivity contribution in [2.24, 2.45) is 5.41 Å². The number of esters is 1. The van der Waals surface area contributed by atoms with Crippen molar-refractivity contribution in [3.63, 3.8) is 0 Å². The van der Waals surface area contributed by atoms with Crippen molar-refractivity contribution in [3.05, 3.63) is 58.9 Å². The number of anilines is 1. The number of unbranched alkanes of at least 4 members (excludes halogenated alkanes) is 1. The fourth-order valence-electron chi connectivity index (χ4n) is 6.37. The maximum atomic E-state index is 13.8. The highest BCUT2D eigenvalue weighted by molar-refractivity contribution is 7.90. The lowest BCUT2D eigenvalue weighted by atomic mass is 9.80. The molecule has 1 aromatic carbocycles. The Bertz CT molecular complexity index is 1430. The number of sulfone groups is 1. The van der Waals surface area contributed by atoms with Crippen molar-refractivity contribution >= 4 is 33.3 Å². The standard InChI is InChI=1S/C34H48N4O7S/c1-25-12-16-35-26(2)30(25)31(39)36-28-10-8-27(9-11-28)24-29(32(40)45-22-19-38-17-20-44-21-18-38)37-33(41)34(13-4-5-14-34)15-6-7-23-46(3,42)43/h8-12,16,29H,4-7,13-15,17-24H2,1-3H3,(H,36,39)(H,37,41)/t29-/m0/s1. The molecule has 1 aliphatic carbocycles. The zero-order valence-corrected chi connectivity index (χ0v) is 28.1. The van der Waals surface area contributed by atoms with Gasteiger partial charge in [-0.25, -0.2) is 13.2 Å². The molecule has 2 aromatic rings. The smallest absolute Gasteiger partial charge is 0.329 e. The highest BCUT2D eigenvalue weighted by atomic mass is 32.2. The number of pyridine rings is 1. The summed E-state index contributed by atoms with van der Waals surface area (Å²) in [6, 6.07) is 8.11. The van der Waals surface area contributed by atoms with Gasteiger partial charge in [-0.15, -0.1) is 0 Å². The van der Waals surface area contributed by atoms with Gasteiger partial charge in [-0.3, -0.25) is 19.5 Å². The Kier molecular flexibility index (Phi) is 12.7. The molecule has 1 saturated carbocycles. The molecule has 252 valence electrons. The summed E-state index contributed by atoms with van der Waals surface area (Å²) in [6.45, 7) is 7.32. The first-order valence-electron chi connectivity index (χ1n) is 16.2. The van der Waals surface area contributed by atoms with E-state index >= 15 is 0 Å². The Balaban J connectivity index is 1.43. The minimum atomic E-state index is -3.07. The number of amides is 2. The zero-order chi connectivity index (χ0) is 33.2. The third-order valence-corrected chi connectivity index (χ3v) is 10.1. The summed E-state index contributed by atoms with van der Waals surface area (Å²) in [4.78, 5) is 46.6. The van der Waals surface area contributed by atoms with E-state index < -0.39 is 27.3 Å². The Labute approximate surface area is 272 Å². The number of hydrogen-bond donors (Lipinski definition) is 2. The Morgan fingerprint density at radius 2 is 1.74 bits per heavy atom. The number of nitrogens with zero attached hydrogens (tertiary/aromatic N) is 2. The highest BCUT2D eigenvalue weighted by Gasteiger charge is 2.42. The van der Waals surface area contributed by atoms with Crippen LogP contribution in [0.1, 0.15) is 72.1 Å². The first kappa shape index (κ1) is 35.5. The van der Waals surface area contributed by atoms with E-state index in [9.17, 15) is 22.8 Å². The van der Waals surface area contributed by atoms with Crippen LogP contribution in [-0.2, 0) is 35.3 Å². The van der Waals surface area contributed by atoms with Gasteiger partial charge in [0.25, 0.3) is 5.91 Å². The van der Waals surface area contributed by atoms with Crippen molar-refractivity contribution < 1.29 is 32.3 Å². The third kappa shape index (κ3) is 10.3. The third-order valence-electron chi connectivity index (χ3n) is 9.04. The monoisotopic (exact) mass is 656 g/mol. The molecular formula is C34H48N4O7S. The molecule has 11 nitrogen and oxygen atoms in total. The van der Waals surface area contributed by atoms with Crippen LogP contribution in [0.3, 0.4) is 0 Å². The number of benzene rings is 1. The predicted molar refractivity (Wildman–Crippen MR) is 176 cm³/mol. The summed E-state index contributed by atoms with van der Waals surface area (Å²) in [5.74, 6) is -0.818. The fraction of sp³-hybridized carbons (Fsp3) is 0.588. The Morgan fingerprint density at radius 3 is 2.39 bits per heavy atom. The first-order chi connectivity index (χ1) is 22.0. The number of carbonyl (C=O) groups excluding carboxylic acids is 3. The van der Waals surface area contributed by atoms with Crippen LogP contribution in [-0.4, -0.2) is 93.6 Å². The molecule has 2 heterocycles. The van der Waals surface area contributed by atoms with Gasteiger partial charge in [-0.05, 0) is 68.9 Å². The maximum Gasteiger partial charge on any atom is 0.329 e. The molecule has 2 fully saturated rings. The van der Waals surface area contributed by atoms with Crippen molar-refractivity contribution in [1.29, 1.82) is 0 Å². The second-order valence-corrected chi connectivity index (χ2v) is 14.9. The molecule has 12 heteroatoms. The number of morpholine rings is 1. The summed E-state index contributed by atoms with van der Waals surface area (Å²) in [5, 5.41) is 5.95. The molecule has 0 spiro atoms. The van der Waals surface area contributed by atoms with Crippen LogP contribution in [0.15, 0.2) is 36.5 Å². The van der Waals surface area contributed by atoms with Crippen LogP contribution in [0.5, 0.6) is 0 Å². The van der Waals surface area contributed by atoms with Gasteiger partial charge in [0.15, 0.2) is 0 Å². The number of aromatic nitrogens is 1. The molecule has 2 amide bonds. The highest BCUT2D eigenvalue weighted by Crippen LogP contribution is 2.42. The van der Waals surface area contributed by atoms with E-state index in [-0.39, 0.29) is 30.6 Å². The van der Waals surface area contributed by atoms with Gasteiger partial charge in [0, 0.05) is 55.4 Å². The van der Waals surface area contributed by atoms with Gasteiger partial charge < -0.3 is 20.1 Å². The summed E-state index contributed by atoms with van der Waals surface area (Å²) in [5.41, 5.74) is 2.80. The summed E-state index contributed by atoms with van der Waals surface area (Å²) in [6.07, 6.45) is 8.08. The van der Waals surface area contributed by atoms with Crippen molar-refractivity contribution in [1.82, 2.24) is 15.2 Å². The van der Waals surface area contributed by atoms with E-state index in [1.54, 1.807) is 31.3 Å². The number of aryl methyl sites for hydroxylation is 2. The lowest BCUT2D eigenvalue weighted by Gasteiger charge is -2.30. The first-order valence-corrected chi connectivity index (χ1v) is 18.3. The number of rotatable bonds is 15. The minimum absolute atomic E-state index is 0.0979. The summed E-state index contributed by atoms with van der Waals surface area (Å²) >= 11 is 0. The maximum absolute atomic E-state index is 13.8. The number of carbonyl (C=O) groups is 3. The topological polar surface area (TPSA) is 144 Å². The van der Waals surface area contributed by atoms with Crippen LogP contribution in [0.25, 0.3) is 0 Å². The van der Waals surface area contributed by atoms with Gasteiger partial charge >= 0.3 is 5.97 Å². The number of hydrogen-bond acceptors (Lipinski definition) is 9. The van der Waals surface area contributed by atoms with Crippen LogP contribution >= 0.6 is 0 Å². The average molecular weight is 657 g/mol. The van der Waals surface area contributed by atoms with Gasteiger partial charge in [0.2, 0.25) is 5.91 Å². The Morgan fingerprint density at radius 1 is 1.04 bits per heavy atom. The molecule has 1 saturated heterocycles. The van der Waals surface area contributed by atoms with E-state index in [0.717, 1.165) is 37.1 Å². The van der Waals surface area contributed by atoms with Gasteiger partial charge in [0.1, 0.15) is 22.5 Å². The number of ether oxygens (including phenoxy) is 2.